The molecule has 7 nitrogen and oxygen atoms in total. The molecule has 8 heteroatoms. The van der Waals surface area contributed by atoms with E-state index >= 15 is 0 Å². The Hall–Kier alpha value is -1.96. The van der Waals surface area contributed by atoms with Crippen molar-refractivity contribution in [1.29, 1.82) is 0 Å². The van der Waals surface area contributed by atoms with Crippen LogP contribution < -0.4 is 10.1 Å². The second kappa shape index (κ2) is 7.16. The van der Waals surface area contributed by atoms with Crippen molar-refractivity contribution in [2.45, 2.75) is 6.42 Å². The summed E-state index contributed by atoms with van der Waals surface area (Å²) in [5.41, 5.74) is 0. The first-order valence-electron chi connectivity index (χ1n) is 6.71. The Morgan fingerprint density at radius 3 is 3.05 bits per heavy atom. The molecule has 1 fully saturated rings. The van der Waals surface area contributed by atoms with Crippen molar-refractivity contribution in [3.05, 3.63) is 12.0 Å². The summed E-state index contributed by atoms with van der Waals surface area (Å²) in [5.74, 6) is -0.122. The summed E-state index contributed by atoms with van der Waals surface area (Å²) in [6.45, 7) is 2.36. The van der Waals surface area contributed by atoms with E-state index in [9.17, 15) is 9.18 Å². The molecule has 1 aliphatic rings. The predicted octanol–water partition coefficient (Wildman–Crippen LogP) is 0.531. The minimum Gasteiger partial charge on any atom is -0.479 e. The van der Waals surface area contributed by atoms with Gasteiger partial charge in [0.05, 0.1) is 19.9 Å². The summed E-state index contributed by atoms with van der Waals surface area (Å²) in [4.78, 5) is 21.3. The highest BCUT2D eigenvalue weighted by Crippen LogP contribution is 2.19. The van der Waals surface area contributed by atoms with Crippen LogP contribution in [0, 0.1) is 11.7 Å². The molecule has 0 spiro atoms. The fourth-order valence-electron chi connectivity index (χ4n) is 2.22. The summed E-state index contributed by atoms with van der Waals surface area (Å²) < 4.78 is 23.0. The number of carbonyl (C=O) groups excluding carboxylic acids is 1. The number of anilines is 1. The molecule has 0 radical (unpaired) electrons. The Morgan fingerprint density at radius 1 is 1.52 bits per heavy atom. The molecule has 1 N–H and O–H groups in total. The zero-order valence-corrected chi connectivity index (χ0v) is 12.1. The van der Waals surface area contributed by atoms with Crippen LogP contribution in [0.4, 0.5) is 10.3 Å². The monoisotopic (exact) mass is 298 g/mol. The molecule has 0 aromatic carbocycles. The van der Waals surface area contributed by atoms with Crippen molar-refractivity contribution in [3.8, 4) is 5.88 Å². The third kappa shape index (κ3) is 4.01. The van der Waals surface area contributed by atoms with E-state index in [0.717, 1.165) is 6.20 Å². The minimum absolute atomic E-state index is 0.100. The third-order valence-electron chi connectivity index (χ3n) is 3.31. The van der Waals surface area contributed by atoms with Gasteiger partial charge < -0.3 is 19.7 Å². The van der Waals surface area contributed by atoms with E-state index in [0.29, 0.717) is 32.7 Å². The van der Waals surface area contributed by atoms with Crippen LogP contribution >= 0.6 is 0 Å². The molecule has 2 rings (SSSR count). The molecule has 0 unspecified atom stereocenters. The van der Waals surface area contributed by atoms with E-state index in [1.807, 2.05) is 0 Å². The number of nitrogens with one attached hydrogen (secondary N) is 1. The van der Waals surface area contributed by atoms with Crippen LogP contribution in [0.1, 0.15) is 6.42 Å². The molecular weight excluding hydrogens is 279 g/mol. The van der Waals surface area contributed by atoms with Crippen LogP contribution in [0.2, 0.25) is 0 Å². The van der Waals surface area contributed by atoms with Crippen molar-refractivity contribution in [2.75, 3.05) is 45.8 Å². The number of nitrogens with zero attached hydrogens (tertiary/aromatic N) is 3. The fraction of sp³-hybridized carbons (Fsp3) is 0.615. The average Bonchev–Trinajstić information content (AvgIpc) is 2.84. The first-order valence-corrected chi connectivity index (χ1v) is 6.71. The average molecular weight is 298 g/mol. The Balaban J connectivity index is 1.85. The van der Waals surface area contributed by atoms with Crippen molar-refractivity contribution in [1.82, 2.24) is 14.9 Å². The lowest BCUT2D eigenvalue weighted by Gasteiger charge is -2.16. The van der Waals surface area contributed by atoms with Gasteiger partial charge in [-0.3, -0.25) is 4.79 Å². The van der Waals surface area contributed by atoms with Crippen LogP contribution in [0.3, 0.4) is 0 Å². The molecule has 116 valence electrons. The van der Waals surface area contributed by atoms with Gasteiger partial charge in [-0.1, -0.05) is 0 Å². The molecule has 1 aromatic heterocycles. The van der Waals surface area contributed by atoms with Crippen molar-refractivity contribution < 1.29 is 18.7 Å². The van der Waals surface area contributed by atoms with Crippen molar-refractivity contribution in [3.63, 3.8) is 0 Å². The van der Waals surface area contributed by atoms with Crippen LogP contribution in [-0.2, 0) is 9.53 Å². The zero-order valence-electron chi connectivity index (χ0n) is 12.1. The molecule has 21 heavy (non-hydrogen) atoms. The lowest BCUT2D eigenvalue weighted by molar-refractivity contribution is -0.128. The van der Waals surface area contributed by atoms with Gasteiger partial charge >= 0.3 is 0 Å². The zero-order chi connectivity index (χ0) is 15.2. The number of rotatable bonds is 7. The number of carbonyl (C=O) groups is 1. The van der Waals surface area contributed by atoms with Crippen LogP contribution in [0.25, 0.3) is 0 Å². The third-order valence-corrected chi connectivity index (χ3v) is 3.31. The highest BCUT2D eigenvalue weighted by molar-refractivity contribution is 5.78. The van der Waals surface area contributed by atoms with E-state index in [-0.39, 0.29) is 23.7 Å². The van der Waals surface area contributed by atoms with Gasteiger partial charge in [-0.05, 0) is 0 Å². The number of aromatic nitrogens is 2. The largest absolute Gasteiger partial charge is 0.479 e. The van der Waals surface area contributed by atoms with Gasteiger partial charge in [-0.25, -0.2) is 4.98 Å². The SMILES string of the molecule is COCCN1C[C@@H](CNc2ncc(F)c(OC)n2)CC1=O. The fourth-order valence-corrected chi connectivity index (χ4v) is 2.22. The number of amides is 1. The molecule has 0 bridgehead atoms. The first kappa shape index (κ1) is 15.4. The molecule has 1 amide bonds. The van der Waals surface area contributed by atoms with Gasteiger partial charge in [-0.15, -0.1) is 0 Å². The Morgan fingerprint density at radius 2 is 2.33 bits per heavy atom. The molecular formula is C13H19FN4O3. The minimum atomic E-state index is -0.607. The number of halogens is 1. The number of likely N-dealkylation sites (tertiary alicyclic amines) is 1. The van der Waals surface area contributed by atoms with E-state index in [1.54, 1.807) is 12.0 Å². The van der Waals surface area contributed by atoms with Crippen molar-refractivity contribution >= 4 is 11.9 Å². The molecule has 0 aliphatic carbocycles. The summed E-state index contributed by atoms with van der Waals surface area (Å²) >= 11 is 0. The highest BCUT2D eigenvalue weighted by Gasteiger charge is 2.29. The normalized spacial score (nSPS) is 18.1. The Labute approximate surface area is 122 Å². The topological polar surface area (TPSA) is 76.6 Å². The van der Waals surface area contributed by atoms with Crippen LogP contribution in [-0.4, -0.2) is 61.2 Å². The van der Waals surface area contributed by atoms with Gasteiger partial charge in [-0.2, -0.15) is 9.37 Å². The molecule has 2 heterocycles. The van der Waals surface area contributed by atoms with E-state index in [2.05, 4.69) is 15.3 Å². The standard InChI is InChI=1S/C13H19FN4O3/c1-20-4-3-18-8-9(5-11(18)19)6-15-13-16-7-10(14)12(17-13)21-2/h7,9H,3-6,8H2,1-2H3,(H,15,16,17)/t9-/m1/s1. The van der Waals surface area contributed by atoms with E-state index in [1.165, 1.54) is 7.11 Å². The van der Waals surface area contributed by atoms with Crippen LogP contribution in [0.5, 0.6) is 5.88 Å². The Bertz CT molecular complexity index is 500. The van der Waals surface area contributed by atoms with E-state index < -0.39 is 5.82 Å². The molecule has 1 aromatic rings. The summed E-state index contributed by atoms with van der Waals surface area (Å²) in [5, 5.41) is 3.01. The lowest BCUT2D eigenvalue weighted by Crippen LogP contribution is -2.29. The second-order valence-electron chi connectivity index (χ2n) is 4.83. The van der Waals surface area contributed by atoms with Gasteiger partial charge in [0.25, 0.3) is 5.88 Å². The maximum absolute atomic E-state index is 13.2. The van der Waals surface area contributed by atoms with Crippen molar-refractivity contribution in [2.24, 2.45) is 5.92 Å². The number of hydrogen-bond acceptors (Lipinski definition) is 6. The summed E-state index contributed by atoms with van der Waals surface area (Å²) in [6.07, 6.45) is 1.54. The van der Waals surface area contributed by atoms with Gasteiger partial charge in [0, 0.05) is 39.1 Å². The van der Waals surface area contributed by atoms with Gasteiger partial charge in [0.15, 0.2) is 0 Å². The van der Waals surface area contributed by atoms with Gasteiger partial charge in [0.2, 0.25) is 17.7 Å². The first-order chi connectivity index (χ1) is 10.1. The molecule has 0 saturated carbocycles. The van der Waals surface area contributed by atoms with E-state index in [4.69, 9.17) is 9.47 Å². The summed E-state index contributed by atoms with van der Waals surface area (Å²) in [6, 6.07) is 0. The Kier molecular flexibility index (Phi) is 5.26. The number of ether oxygens (including phenoxy) is 2. The van der Waals surface area contributed by atoms with Crippen LogP contribution in [0.15, 0.2) is 6.20 Å². The maximum Gasteiger partial charge on any atom is 0.255 e. The lowest BCUT2D eigenvalue weighted by atomic mass is 10.1. The molecule has 1 aliphatic heterocycles. The number of methoxy groups -OCH3 is 2. The molecule has 1 saturated heterocycles. The highest BCUT2D eigenvalue weighted by atomic mass is 19.1. The second-order valence-corrected chi connectivity index (χ2v) is 4.83. The number of hydrogen-bond donors (Lipinski definition) is 1. The predicted molar refractivity (Wildman–Crippen MR) is 73.6 cm³/mol. The smallest absolute Gasteiger partial charge is 0.255 e. The maximum atomic E-state index is 13.2. The van der Waals surface area contributed by atoms with Gasteiger partial charge in [0.1, 0.15) is 0 Å². The summed E-state index contributed by atoms with van der Waals surface area (Å²) in [7, 11) is 2.96. The molecule has 1 atom stereocenters. The quantitative estimate of drug-likeness (QED) is 0.791.